The van der Waals surface area contributed by atoms with Gasteiger partial charge in [0.2, 0.25) is 5.78 Å². The molecule has 0 fully saturated rings. The van der Waals surface area contributed by atoms with Crippen molar-refractivity contribution >= 4 is 27.8 Å². The van der Waals surface area contributed by atoms with E-state index >= 15 is 0 Å². The van der Waals surface area contributed by atoms with E-state index in [2.05, 4.69) is 15.9 Å². The first-order valence-electron chi connectivity index (χ1n) is 8.10. The largest absolute Gasteiger partial charge is 0.489 e. The molecule has 1 aromatic heterocycles. The second-order valence-electron chi connectivity index (χ2n) is 5.98. The summed E-state index contributed by atoms with van der Waals surface area (Å²) in [5.74, 6) is 1.86. The average Bonchev–Trinajstić information content (AvgIpc) is 3.23. The van der Waals surface area contributed by atoms with Gasteiger partial charge in [-0.05, 0) is 48.4 Å². The first-order chi connectivity index (χ1) is 12.6. The minimum absolute atomic E-state index is 0.145. The van der Waals surface area contributed by atoms with E-state index in [1.165, 1.54) is 0 Å². The van der Waals surface area contributed by atoms with Gasteiger partial charge >= 0.3 is 0 Å². The maximum atomic E-state index is 12.6. The minimum atomic E-state index is -0.145. The number of halogens is 1. The third kappa shape index (κ3) is 3.30. The molecular formula is C21H15BrO4. The fourth-order valence-electron chi connectivity index (χ4n) is 2.81. The third-order valence-electron chi connectivity index (χ3n) is 4.08. The molecule has 5 heteroatoms. The van der Waals surface area contributed by atoms with Crippen LogP contribution in [0.15, 0.2) is 69.4 Å². The highest BCUT2D eigenvalue weighted by molar-refractivity contribution is 9.10. The standard InChI is InChI=1S/C21H15BrO4/c1-13-9-17(25-12-14-4-6-15(22)7-5-14)11-18-20(13)21(23)19(26-18)10-16-3-2-8-24-16/h2-11H,12H2,1H3/b19-10-. The molecule has 0 saturated carbocycles. The van der Waals surface area contributed by atoms with Gasteiger partial charge in [-0.2, -0.15) is 0 Å². The molecule has 4 nitrogen and oxygen atoms in total. The number of ketones is 1. The van der Waals surface area contributed by atoms with E-state index in [1.807, 2.05) is 37.3 Å². The fourth-order valence-corrected chi connectivity index (χ4v) is 3.07. The van der Waals surface area contributed by atoms with E-state index < -0.39 is 0 Å². The van der Waals surface area contributed by atoms with Crippen molar-refractivity contribution in [1.82, 2.24) is 0 Å². The van der Waals surface area contributed by atoms with Crippen molar-refractivity contribution in [3.63, 3.8) is 0 Å². The molecule has 130 valence electrons. The van der Waals surface area contributed by atoms with Gasteiger partial charge in [0.05, 0.1) is 11.8 Å². The lowest BCUT2D eigenvalue weighted by molar-refractivity contribution is 0.101. The molecule has 0 amide bonds. The maximum absolute atomic E-state index is 12.6. The summed E-state index contributed by atoms with van der Waals surface area (Å²) < 4.78 is 17.9. The van der Waals surface area contributed by atoms with Crippen molar-refractivity contribution in [3.05, 3.63) is 87.5 Å². The maximum Gasteiger partial charge on any atom is 0.232 e. The number of fused-ring (bicyclic) bond motifs is 1. The van der Waals surface area contributed by atoms with Crippen molar-refractivity contribution in [3.8, 4) is 11.5 Å². The van der Waals surface area contributed by atoms with Gasteiger partial charge in [-0.3, -0.25) is 4.79 Å². The predicted molar refractivity (Wildman–Crippen MR) is 101 cm³/mol. The number of carbonyl (C=O) groups is 1. The Morgan fingerprint density at radius 2 is 1.96 bits per heavy atom. The Kier molecular flexibility index (Phi) is 4.39. The Labute approximate surface area is 159 Å². The number of aryl methyl sites for hydroxylation is 1. The topological polar surface area (TPSA) is 48.7 Å². The lowest BCUT2D eigenvalue weighted by Gasteiger charge is -2.09. The summed E-state index contributed by atoms with van der Waals surface area (Å²) in [7, 11) is 0. The molecule has 2 aromatic carbocycles. The zero-order valence-electron chi connectivity index (χ0n) is 14.0. The number of allylic oxidation sites excluding steroid dienone is 1. The molecule has 0 saturated heterocycles. The van der Waals surface area contributed by atoms with Crippen LogP contribution in [0.2, 0.25) is 0 Å². The van der Waals surface area contributed by atoms with Crippen LogP contribution >= 0.6 is 15.9 Å². The molecule has 1 aliphatic heterocycles. The summed E-state index contributed by atoms with van der Waals surface area (Å²) in [5.41, 5.74) is 2.45. The van der Waals surface area contributed by atoms with E-state index in [-0.39, 0.29) is 11.5 Å². The minimum Gasteiger partial charge on any atom is -0.489 e. The summed E-state index contributed by atoms with van der Waals surface area (Å²) >= 11 is 3.42. The number of hydrogen-bond donors (Lipinski definition) is 0. The van der Waals surface area contributed by atoms with Gasteiger partial charge in [-0.15, -0.1) is 0 Å². The van der Waals surface area contributed by atoms with Crippen LogP contribution in [0.25, 0.3) is 6.08 Å². The zero-order chi connectivity index (χ0) is 18.1. The van der Waals surface area contributed by atoms with Crippen LogP contribution in [0.3, 0.4) is 0 Å². The molecule has 0 atom stereocenters. The van der Waals surface area contributed by atoms with E-state index in [0.29, 0.717) is 29.4 Å². The highest BCUT2D eigenvalue weighted by Gasteiger charge is 2.30. The van der Waals surface area contributed by atoms with Gasteiger partial charge in [-0.1, -0.05) is 28.1 Å². The third-order valence-corrected chi connectivity index (χ3v) is 4.61. The van der Waals surface area contributed by atoms with Gasteiger partial charge in [-0.25, -0.2) is 0 Å². The van der Waals surface area contributed by atoms with Crippen LogP contribution in [0, 0.1) is 6.92 Å². The number of hydrogen-bond acceptors (Lipinski definition) is 4. The number of carbonyl (C=O) groups excluding carboxylic acids is 1. The summed E-state index contributed by atoms with van der Waals surface area (Å²) in [4.78, 5) is 12.6. The van der Waals surface area contributed by atoms with E-state index in [1.54, 1.807) is 30.5 Å². The van der Waals surface area contributed by atoms with Gasteiger partial charge in [0, 0.05) is 16.6 Å². The van der Waals surface area contributed by atoms with Crippen LogP contribution in [0.1, 0.15) is 27.2 Å². The summed E-state index contributed by atoms with van der Waals surface area (Å²) in [6, 6.07) is 15.1. The van der Waals surface area contributed by atoms with Gasteiger partial charge in [0.1, 0.15) is 23.9 Å². The first kappa shape index (κ1) is 16.7. The summed E-state index contributed by atoms with van der Waals surface area (Å²) in [5, 5.41) is 0. The fraction of sp³-hybridized carbons (Fsp3) is 0.0952. The van der Waals surface area contributed by atoms with Gasteiger partial charge in [0.25, 0.3) is 0 Å². The Morgan fingerprint density at radius 1 is 1.15 bits per heavy atom. The molecule has 0 aliphatic carbocycles. The molecular weight excluding hydrogens is 396 g/mol. The van der Waals surface area contributed by atoms with Gasteiger partial charge in [0.15, 0.2) is 5.76 Å². The van der Waals surface area contributed by atoms with Gasteiger partial charge < -0.3 is 13.9 Å². The van der Waals surface area contributed by atoms with E-state index in [4.69, 9.17) is 13.9 Å². The van der Waals surface area contributed by atoms with Crippen molar-refractivity contribution < 1.29 is 18.7 Å². The number of ether oxygens (including phenoxy) is 2. The Balaban J connectivity index is 1.56. The van der Waals surface area contributed by atoms with E-state index in [9.17, 15) is 4.79 Å². The van der Waals surface area contributed by atoms with Crippen molar-refractivity contribution in [2.45, 2.75) is 13.5 Å². The molecule has 0 radical (unpaired) electrons. The molecule has 0 N–H and O–H groups in total. The smallest absolute Gasteiger partial charge is 0.232 e. The normalized spacial score (nSPS) is 14.4. The average molecular weight is 411 g/mol. The number of rotatable bonds is 4. The SMILES string of the molecule is Cc1cc(OCc2ccc(Br)cc2)cc2c1C(=O)/C(=C/c1ccco1)O2. The van der Waals surface area contributed by atoms with Crippen molar-refractivity contribution in [1.29, 1.82) is 0 Å². The highest BCUT2D eigenvalue weighted by Crippen LogP contribution is 2.37. The second-order valence-corrected chi connectivity index (χ2v) is 6.90. The molecule has 4 rings (SSSR count). The molecule has 2 heterocycles. The van der Waals surface area contributed by atoms with Crippen molar-refractivity contribution in [2.75, 3.05) is 0 Å². The van der Waals surface area contributed by atoms with Crippen LogP contribution in [0.5, 0.6) is 11.5 Å². The Hall–Kier alpha value is -2.79. The van der Waals surface area contributed by atoms with E-state index in [0.717, 1.165) is 15.6 Å². The van der Waals surface area contributed by atoms with Crippen molar-refractivity contribution in [2.24, 2.45) is 0 Å². The van der Waals surface area contributed by atoms with Crippen LogP contribution < -0.4 is 9.47 Å². The summed E-state index contributed by atoms with van der Waals surface area (Å²) in [6.07, 6.45) is 3.16. The Bertz CT molecular complexity index is 986. The van der Waals surface area contributed by atoms with Crippen LogP contribution in [-0.4, -0.2) is 5.78 Å². The van der Waals surface area contributed by atoms with Crippen LogP contribution in [-0.2, 0) is 6.61 Å². The number of Topliss-reactive ketones (excluding diaryl/α,β-unsaturated/α-hetero) is 1. The quantitative estimate of drug-likeness (QED) is 0.529. The molecule has 0 bridgehead atoms. The Morgan fingerprint density at radius 3 is 2.69 bits per heavy atom. The lowest BCUT2D eigenvalue weighted by atomic mass is 10.0. The molecule has 0 unspecified atom stereocenters. The number of furan rings is 1. The second kappa shape index (κ2) is 6.84. The monoisotopic (exact) mass is 410 g/mol. The molecule has 3 aromatic rings. The zero-order valence-corrected chi connectivity index (χ0v) is 15.6. The highest BCUT2D eigenvalue weighted by atomic mass is 79.9. The first-order valence-corrected chi connectivity index (χ1v) is 8.89. The molecule has 0 spiro atoms. The summed E-state index contributed by atoms with van der Waals surface area (Å²) in [6.45, 7) is 2.32. The number of benzene rings is 2. The molecule has 1 aliphatic rings. The molecule has 26 heavy (non-hydrogen) atoms. The predicted octanol–water partition coefficient (Wildman–Crippen LogP) is 5.55. The van der Waals surface area contributed by atoms with Crippen LogP contribution in [0.4, 0.5) is 0 Å². The lowest BCUT2D eigenvalue weighted by Crippen LogP contribution is -2.00.